The fourth-order valence-electron chi connectivity index (χ4n) is 1.34. The Kier molecular flexibility index (Phi) is 5.78. The quantitative estimate of drug-likeness (QED) is 0.710. The maximum absolute atomic E-state index is 11.7. The Morgan fingerprint density at radius 2 is 1.95 bits per heavy atom. The molecule has 1 rings (SSSR count). The Morgan fingerprint density at radius 1 is 1.30 bits per heavy atom. The first-order chi connectivity index (χ1) is 9.15. The molecule has 0 heterocycles. The minimum absolute atomic E-state index is 0.0643. The third-order valence-corrected chi connectivity index (χ3v) is 4.86. The Morgan fingerprint density at radius 3 is 2.45 bits per heavy atom. The summed E-state index contributed by atoms with van der Waals surface area (Å²) in [4.78, 5) is -0.267. The summed E-state index contributed by atoms with van der Waals surface area (Å²) in [6, 6.07) is 3.58. The zero-order valence-electron chi connectivity index (χ0n) is 10.7. The molecular formula is C10H15ClN2O5S2. The van der Waals surface area contributed by atoms with Crippen molar-refractivity contribution in [2.24, 2.45) is 5.14 Å². The second kappa shape index (κ2) is 6.72. The van der Waals surface area contributed by atoms with Crippen LogP contribution in [0.25, 0.3) is 0 Å². The third kappa shape index (κ3) is 5.25. The lowest BCUT2D eigenvalue weighted by atomic mass is 10.3. The van der Waals surface area contributed by atoms with Crippen LogP contribution in [0, 0.1) is 0 Å². The number of hydrogen-bond donors (Lipinski definition) is 2. The van der Waals surface area contributed by atoms with Crippen LogP contribution < -0.4 is 9.86 Å². The maximum Gasteiger partial charge on any atom is 0.239 e. The van der Waals surface area contributed by atoms with Gasteiger partial charge in [0.15, 0.2) is 0 Å². The number of rotatable bonds is 7. The number of benzene rings is 1. The van der Waals surface area contributed by atoms with Crippen molar-refractivity contribution >= 4 is 37.3 Å². The van der Waals surface area contributed by atoms with Crippen LogP contribution in [-0.2, 0) is 24.8 Å². The zero-order chi connectivity index (χ0) is 15.4. The monoisotopic (exact) mass is 342 g/mol. The standard InChI is InChI=1S/C10H15ClN2O5S2/c1-2-18-5-6-19(14,15)13-8-3-4-10(9(11)7-8)20(12,16)17/h3-4,7,13H,2,5-6H2,1H3,(H2,12,16,17). The van der Waals surface area contributed by atoms with E-state index in [9.17, 15) is 16.8 Å². The van der Waals surface area contributed by atoms with Gasteiger partial charge in [-0.15, -0.1) is 0 Å². The first kappa shape index (κ1) is 17.2. The number of primary sulfonamides is 1. The molecule has 20 heavy (non-hydrogen) atoms. The minimum Gasteiger partial charge on any atom is -0.381 e. The number of sulfonamides is 2. The normalized spacial score (nSPS) is 12.3. The highest BCUT2D eigenvalue weighted by molar-refractivity contribution is 7.92. The fraction of sp³-hybridized carbons (Fsp3) is 0.400. The second-order valence-electron chi connectivity index (χ2n) is 3.81. The van der Waals surface area contributed by atoms with Crippen molar-refractivity contribution in [1.29, 1.82) is 0 Å². The molecule has 0 bridgehead atoms. The lowest BCUT2D eigenvalue weighted by Gasteiger charge is -2.09. The van der Waals surface area contributed by atoms with Crippen LogP contribution in [0.5, 0.6) is 0 Å². The van der Waals surface area contributed by atoms with Gasteiger partial charge < -0.3 is 4.74 Å². The summed E-state index contributed by atoms with van der Waals surface area (Å²) in [5, 5.41) is 4.79. The molecule has 0 amide bonds. The predicted octanol–water partition coefficient (Wildman–Crippen LogP) is 0.766. The Labute approximate surface area is 123 Å². The van der Waals surface area contributed by atoms with Gasteiger partial charge in [0, 0.05) is 6.61 Å². The van der Waals surface area contributed by atoms with Gasteiger partial charge in [0.2, 0.25) is 20.0 Å². The van der Waals surface area contributed by atoms with E-state index in [1.807, 2.05) is 0 Å². The zero-order valence-corrected chi connectivity index (χ0v) is 13.1. The van der Waals surface area contributed by atoms with Gasteiger partial charge in [-0.3, -0.25) is 4.72 Å². The predicted molar refractivity (Wildman–Crippen MR) is 76.7 cm³/mol. The van der Waals surface area contributed by atoms with Crippen LogP contribution in [-0.4, -0.2) is 35.8 Å². The van der Waals surface area contributed by atoms with Gasteiger partial charge in [-0.2, -0.15) is 0 Å². The summed E-state index contributed by atoms with van der Waals surface area (Å²) in [5.41, 5.74) is 0.152. The molecule has 3 N–H and O–H groups in total. The first-order valence-corrected chi connectivity index (χ1v) is 9.14. The molecule has 1 aromatic rings. The van der Waals surface area contributed by atoms with Crippen molar-refractivity contribution in [2.75, 3.05) is 23.7 Å². The topological polar surface area (TPSA) is 116 Å². The molecule has 0 saturated carbocycles. The molecule has 0 fully saturated rings. The summed E-state index contributed by atoms with van der Waals surface area (Å²) < 4.78 is 52.9. The Hall–Kier alpha value is -0.870. The number of nitrogens with one attached hydrogen (secondary N) is 1. The van der Waals surface area contributed by atoms with Crippen LogP contribution >= 0.6 is 11.6 Å². The average molecular weight is 343 g/mol. The molecule has 0 atom stereocenters. The summed E-state index contributed by atoms with van der Waals surface area (Å²) in [6.07, 6.45) is 0. The van der Waals surface area contributed by atoms with Crippen molar-refractivity contribution in [3.63, 3.8) is 0 Å². The maximum atomic E-state index is 11.7. The molecule has 0 radical (unpaired) electrons. The van der Waals surface area contributed by atoms with Crippen LogP contribution in [0.2, 0.25) is 5.02 Å². The van der Waals surface area contributed by atoms with Gasteiger partial charge in [-0.05, 0) is 25.1 Å². The molecule has 0 saturated heterocycles. The second-order valence-corrected chi connectivity index (χ2v) is 7.59. The molecule has 0 spiro atoms. The van der Waals surface area contributed by atoms with E-state index in [0.717, 1.165) is 6.07 Å². The van der Waals surface area contributed by atoms with E-state index in [0.29, 0.717) is 6.61 Å². The number of ether oxygens (including phenoxy) is 1. The van der Waals surface area contributed by atoms with Crippen molar-refractivity contribution in [2.45, 2.75) is 11.8 Å². The Balaban J connectivity index is 2.87. The lowest BCUT2D eigenvalue weighted by Crippen LogP contribution is -2.20. The minimum atomic E-state index is -3.94. The summed E-state index contributed by atoms with van der Waals surface area (Å²) in [7, 11) is -7.53. The van der Waals surface area contributed by atoms with Crippen molar-refractivity contribution in [3.05, 3.63) is 23.2 Å². The van der Waals surface area contributed by atoms with Crippen molar-refractivity contribution < 1.29 is 21.6 Å². The number of halogens is 1. The summed E-state index contributed by atoms with van der Waals surface area (Å²) in [6.45, 7) is 2.24. The molecule has 114 valence electrons. The number of hydrogen-bond acceptors (Lipinski definition) is 5. The highest BCUT2D eigenvalue weighted by atomic mass is 35.5. The van der Waals surface area contributed by atoms with Gasteiger partial charge in [0.1, 0.15) is 4.90 Å². The lowest BCUT2D eigenvalue weighted by molar-refractivity contribution is 0.163. The molecule has 0 aliphatic carbocycles. The molecule has 1 aromatic carbocycles. The van der Waals surface area contributed by atoms with Gasteiger partial charge in [0.05, 0.1) is 23.1 Å². The first-order valence-electron chi connectivity index (χ1n) is 5.56. The molecule has 0 aromatic heterocycles. The van der Waals surface area contributed by atoms with E-state index in [2.05, 4.69) is 4.72 Å². The van der Waals surface area contributed by atoms with Gasteiger partial charge >= 0.3 is 0 Å². The van der Waals surface area contributed by atoms with Crippen LogP contribution in [0.15, 0.2) is 23.1 Å². The van der Waals surface area contributed by atoms with Crippen molar-refractivity contribution in [1.82, 2.24) is 0 Å². The largest absolute Gasteiger partial charge is 0.381 e. The SMILES string of the molecule is CCOCCS(=O)(=O)Nc1ccc(S(N)(=O)=O)c(Cl)c1. The van der Waals surface area contributed by atoms with E-state index in [1.165, 1.54) is 12.1 Å². The van der Waals surface area contributed by atoms with E-state index in [-0.39, 0.29) is 28.0 Å². The van der Waals surface area contributed by atoms with E-state index in [4.69, 9.17) is 21.5 Å². The molecule has 7 nitrogen and oxygen atoms in total. The van der Waals surface area contributed by atoms with Gasteiger partial charge in [-0.25, -0.2) is 22.0 Å². The van der Waals surface area contributed by atoms with E-state index >= 15 is 0 Å². The van der Waals surface area contributed by atoms with Crippen LogP contribution in [0.3, 0.4) is 0 Å². The smallest absolute Gasteiger partial charge is 0.239 e. The molecule has 10 heteroatoms. The fourth-order valence-corrected chi connectivity index (χ4v) is 3.36. The third-order valence-electron chi connectivity index (χ3n) is 2.21. The van der Waals surface area contributed by atoms with Gasteiger partial charge in [-0.1, -0.05) is 11.6 Å². The average Bonchev–Trinajstić information content (AvgIpc) is 2.26. The molecular weight excluding hydrogens is 328 g/mol. The van der Waals surface area contributed by atoms with E-state index in [1.54, 1.807) is 6.92 Å². The number of anilines is 1. The Bertz CT molecular complexity index is 673. The molecule has 0 aliphatic heterocycles. The highest BCUT2D eigenvalue weighted by Crippen LogP contribution is 2.24. The molecule has 0 unspecified atom stereocenters. The molecule has 0 aliphatic rings. The van der Waals surface area contributed by atoms with Crippen molar-refractivity contribution in [3.8, 4) is 0 Å². The summed E-state index contributed by atoms with van der Waals surface area (Å²) >= 11 is 5.75. The highest BCUT2D eigenvalue weighted by Gasteiger charge is 2.15. The summed E-state index contributed by atoms with van der Waals surface area (Å²) in [5.74, 6) is -0.213. The number of nitrogens with two attached hydrogens (primary N) is 1. The van der Waals surface area contributed by atoms with Gasteiger partial charge in [0.25, 0.3) is 0 Å². The van der Waals surface area contributed by atoms with E-state index < -0.39 is 20.0 Å². The van der Waals surface area contributed by atoms with Crippen LogP contribution in [0.4, 0.5) is 5.69 Å². The van der Waals surface area contributed by atoms with Crippen LogP contribution in [0.1, 0.15) is 6.92 Å².